The van der Waals surface area contributed by atoms with E-state index >= 15 is 0 Å². The van der Waals surface area contributed by atoms with Crippen LogP contribution < -0.4 is 15.4 Å². The highest BCUT2D eigenvalue weighted by atomic mass is 79.9. The zero-order chi connectivity index (χ0) is 18.1. The lowest BCUT2D eigenvalue weighted by atomic mass is 10.1. The third-order valence-corrected chi connectivity index (χ3v) is 4.89. The monoisotopic (exact) mass is 420 g/mol. The Morgan fingerprint density at radius 1 is 1.20 bits per heavy atom. The number of benzene rings is 2. The largest absolute Gasteiger partial charge is 0.493 e. The number of halogens is 1. The minimum absolute atomic E-state index is 0.650. The Labute approximate surface area is 164 Å². The Bertz CT molecular complexity index is 706. The van der Waals surface area contributed by atoms with Crippen LogP contribution in [0.4, 0.5) is 5.69 Å². The van der Waals surface area contributed by atoms with Crippen molar-refractivity contribution in [2.45, 2.75) is 33.1 Å². The number of anilines is 1. The molecule has 2 aromatic carbocycles. The van der Waals surface area contributed by atoms with Crippen LogP contribution in [0.3, 0.4) is 0 Å². The average molecular weight is 421 g/mol. The zero-order valence-corrected chi connectivity index (χ0v) is 17.2. The van der Waals surface area contributed by atoms with Gasteiger partial charge in [0, 0.05) is 16.7 Å². The summed E-state index contributed by atoms with van der Waals surface area (Å²) in [7, 11) is 0. The molecule has 0 aliphatic heterocycles. The van der Waals surface area contributed by atoms with Crippen LogP contribution >= 0.6 is 28.1 Å². The lowest BCUT2D eigenvalue weighted by molar-refractivity contribution is 0.314. The van der Waals surface area contributed by atoms with Gasteiger partial charge in [-0.25, -0.2) is 0 Å². The van der Waals surface area contributed by atoms with Gasteiger partial charge < -0.3 is 15.4 Å². The molecule has 0 bridgehead atoms. The number of ether oxygens (including phenoxy) is 1. The van der Waals surface area contributed by atoms with Gasteiger partial charge in [-0.3, -0.25) is 0 Å². The normalized spacial score (nSPS) is 10.4. The number of aryl methyl sites for hydroxylation is 2. The van der Waals surface area contributed by atoms with E-state index in [4.69, 9.17) is 17.0 Å². The molecule has 0 saturated carbocycles. The van der Waals surface area contributed by atoms with Crippen LogP contribution in [-0.4, -0.2) is 18.3 Å². The van der Waals surface area contributed by atoms with E-state index in [2.05, 4.69) is 58.6 Å². The van der Waals surface area contributed by atoms with Crippen LogP contribution in [0.15, 0.2) is 46.9 Å². The summed E-state index contributed by atoms with van der Waals surface area (Å²) >= 11 is 8.87. The molecule has 0 aromatic heterocycles. The van der Waals surface area contributed by atoms with Crippen molar-refractivity contribution in [2.75, 3.05) is 18.5 Å². The topological polar surface area (TPSA) is 33.3 Å². The second kappa shape index (κ2) is 10.4. The van der Waals surface area contributed by atoms with Gasteiger partial charge in [0.2, 0.25) is 0 Å². The fourth-order valence-corrected chi connectivity index (χ4v) is 2.91. The molecule has 25 heavy (non-hydrogen) atoms. The quantitative estimate of drug-likeness (QED) is 0.438. The van der Waals surface area contributed by atoms with Crippen molar-refractivity contribution in [3.8, 4) is 5.75 Å². The summed E-state index contributed by atoms with van der Waals surface area (Å²) in [5.74, 6) is 0.996. The molecule has 0 unspecified atom stereocenters. The van der Waals surface area contributed by atoms with E-state index < -0.39 is 0 Å². The Hall–Kier alpha value is -1.59. The van der Waals surface area contributed by atoms with E-state index in [1.54, 1.807) is 0 Å². The summed E-state index contributed by atoms with van der Waals surface area (Å²) in [5.41, 5.74) is 3.42. The van der Waals surface area contributed by atoms with Gasteiger partial charge in [-0.2, -0.15) is 0 Å². The summed E-state index contributed by atoms with van der Waals surface area (Å²) in [6.07, 6.45) is 2.98. The van der Waals surface area contributed by atoms with E-state index in [-0.39, 0.29) is 0 Å². The molecule has 2 aromatic rings. The van der Waals surface area contributed by atoms with Crippen LogP contribution in [0, 0.1) is 6.92 Å². The lowest BCUT2D eigenvalue weighted by Gasteiger charge is -2.13. The number of thiocarbonyl (C=S) groups is 1. The standard InChI is InChI=1S/C20H25BrN2OS/c1-3-13-24-19-9-5-4-7-16(19)8-6-12-22-20(25)23-17-10-11-18(21)15(2)14-17/h4-5,7,9-11,14H,3,6,8,12-13H2,1-2H3,(H2,22,23,25). The Morgan fingerprint density at radius 2 is 2.00 bits per heavy atom. The van der Waals surface area contributed by atoms with Gasteiger partial charge >= 0.3 is 0 Å². The molecule has 0 saturated heterocycles. The van der Waals surface area contributed by atoms with Gasteiger partial charge in [0.05, 0.1) is 6.61 Å². The van der Waals surface area contributed by atoms with E-state index in [1.807, 2.05) is 24.3 Å². The fraction of sp³-hybridized carbons (Fsp3) is 0.350. The number of hydrogen-bond acceptors (Lipinski definition) is 2. The zero-order valence-electron chi connectivity index (χ0n) is 14.8. The molecular weight excluding hydrogens is 396 g/mol. The molecule has 0 spiro atoms. The Balaban J connectivity index is 1.75. The summed E-state index contributed by atoms with van der Waals surface area (Å²) in [6.45, 7) is 5.76. The van der Waals surface area contributed by atoms with Gasteiger partial charge in [0.25, 0.3) is 0 Å². The van der Waals surface area contributed by atoms with Crippen LogP contribution in [0.1, 0.15) is 30.9 Å². The lowest BCUT2D eigenvalue weighted by Crippen LogP contribution is -2.29. The van der Waals surface area contributed by atoms with Crippen molar-refractivity contribution < 1.29 is 4.74 Å². The average Bonchev–Trinajstić information content (AvgIpc) is 2.61. The molecule has 0 heterocycles. The summed E-state index contributed by atoms with van der Waals surface area (Å²) in [5, 5.41) is 7.14. The summed E-state index contributed by atoms with van der Waals surface area (Å²) in [6, 6.07) is 14.3. The van der Waals surface area contributed by atoms with E-state index in [9.17, 15) is 0 Å². The van der Waals surface area contributed by atoms with Crippen molar-refractivity contribution in [3.05, 3.63) is 58.1 Å². The number of nitrogens with one attached hydrogen (secondary N) is 2. The molecule has 5 heteroatoms. The summed E-state index contributed by atoms with van der Waals surface area (Å²) < 4.78 is 6.90. The highest BCUT2D eigenvalue weighted by molar-refractivity contribution is 9.10. The number of rotatable bonds is 8. The van der Waals surface area contributed by atoms with E-state index in [1.165, 1.54) is 11.1 Å². The maximum absolute atomic E-state index is 5.80. The Kier molecular flexibility index (Phi) is 8.22. The SMILES string of the molecule is CCCOc1ccccc1CCCNC(=S)Nc1ccc(Br)c(C)c1. The highest BCUT2D eigenvalue weighted by Gasteiger charge is 2.04. The first-order valence-electron chi connectivity index (χ1n) is 8.62. The third kappa shape index (κ3) is 6.67. The Morgan fingerprint density at radius 3 is 2.76 bits per heavy atom. The van der Waals surface area contributed by atoms with Crippen molar-refractivity contribution >= 4 is 38.9 Å². The maximum Gasteiger partial charge on any atom is 0.170 e. The molecule has 2 rings (SSSR count). The highest BCUT2D eigenvalue weighted by Crippen LogP contribution is 2.20. The van der Waals surface area contributed by atoms with Crippen molar-refractivity contribution in [1.82, 2.24) is 5.32 Å². The molecule has 0 fully saturated rings. The molecular formula is C20H25BrN2OS. The minimum Gasteiger partial charge on any atom is -0.493 e. The molecule has 0 amide bonds. The van der Waals surface area contributed by atoms with Crippen molar-refractivity contribution in [3.63, 3.8) is 0 Å². The smallest absolute Gasteiger partial charge is 0.170 e. The first-order valence-corrected chi connectivity index (χ1v) is 9.82. The minimum atomic E-state index is 0.650. The van der Waals surface area contributed by atoms with Crippen LogP contribution in [0.25, 0.3) is 0 Å². The predicted molar refractivity (Wildman–Crippen MR) is 114 cm³/mol. The van der Waals surface area contributed by atoms with E-state index in [0.717, 1.165) is 48.3 Å². The molecule has 0 aliphatic carbocycles. The molecule has 134 valence electrons. The van der Waals surface area contributed by atoms with Gasteiger partial charge in [0.15, 0.2) is 5.11 Å². The molecule has 0 radical (unpaired) electrons. The third-order valence-electron chi connectivity index (χ3n) is 3.76. The maximum atomic E-state index is 5.80. The van der Waals surface area contributed by atoms with Gasteiger partial charge in [-0.05, 0) is 73.8 Å². The fourth-order valence-electron chi connectivity index (χ4n) is 2.44. The first kappa shape index (κ1) is 19.7. The van der Waals surface area contributed by atoms with Crippen molar-refractivity contribution in [1.29, 1.82) is 0 Å². The number of para-hydroxylation sites is 1. The van der Waals surface area contributed by atoms with Crippen LogP contribution in [-0.2, 0) is 6.42 Å². The van der Waals surface area contributed by atoms with Crippen LogP contribution in [0.2, 0.25) is 0 Å². The van der Waals surface area contributed by atoms with Crippen LogP contribution in [0.5, 0.6) is 5.75 Å². The van der Waals surface area contributed by atoms with Crippen molar-refractivity contribution in [2.24, 2.45) is 0 Å². The molecule has 0 atom stereocenters. The van der Waals surface area contributed by atoms with E-state index in [0.29, 0.717) is 5.11 Å². The van der Waals surface area contributed by atoms with Gasteiger partial charge in [0.1, 0.15) is 5.75 Å². The van der Waals surface area contributed by atoms with Gasteiger partial charge in [-0.15, -0.1) is 0 Å². The second-order valence-corrected chi connectivity index (χ2v) is 7.17. The number of hydrogen-bond donors (Lipinski definition) is 2. The second-order valence-electron chi connectivity index (χ2n) is 5.90. The summed E-state index contributed by atoms with van der Waals surface area (Å²) in [4.78, 5) is 0. The first-order chi connectivity index (χ1) is 12.1. The molecule has 0 aliphatic rings. The predicted octanol–water partition coefficient (Wildman–Crippen LogP) is 5.47. The molecule has 2 N–H and O–H groups in total. The molecule has 3 nitrogen and oxygen atoms in total. The van der Waals surface area contributed by atoms with Gasteiger partial charge in [-0.1, -0.05) is 41.1 Å².